The Bertz CT molecular complexity index is 347. The maximum absolute atomic E-state index is 10.1. The second-order valence-electron chi connectivity index (χ2n) is 6.08. The van der Waals surface area contributed by atoms with Crippen molar-refractivity contribution in [3.63, 3.8) is 0 Å². The molecule has 1 fully saturated rings. The SMILES string of the molecule is CC/C=C\C(NN)=C(\CC)N1CCC(C(C)(C)O)CC1. The molecule has 0 atom stereocenters. The predicted molar refractivity (Wildman–Crippen MR) is 84.7 cm³/mol. The number of allylic oxidation sites excluding steroid dienone is 3. The molecule has 0 aliphatic carbocycles. The summed E-state index contributed by atoms with van der Waals surface area (Å²) >= 11 is 0. The molecule has 0 spiro atoms. The zero-order valence-electron chi connectivity index (χ0n) is 13.4. The molecule has 1 aliphatic rings. The summed E-state index contributed by atoms with van der Waals surface area (Å²) in [6, 6.07) is 0. The minimum absolute atomic E-state index is 0.386. The predicted octanol–water partition coefficient (Wildman–Crippen LogP) is 2.52. The van der Waals surface area contributed by atoms with Gasteiger partial charge in [0, 0.05) is 18.8 Å². The molecule has 4 heteroatoms. The van der Waals surface area contributed by atoms with E-state index in [1.165, 1.54) is 5.70 Å². The number of likely N-dealkylation sites (tertiary alicyclic amines) is 1. The van der Waals surface area contributed by atoms with E-state index < -0.39 is 5.60 Å². The fourth-order valence-electron chi connectivity index (χ4n) is 2.90. The molecule has 116 valence electrons. The third-order valence-corrected chi connectivity index (χ3v) is 4.20. The molecular weight excluding hydrogens is 250 g/mol. The topological polar surface area (TPSA) is 61.5 Å². The molecule has 1 heterocycles. The first kappa shape index (κ1) is 17.1. The summed E-state index contributed by atoms with van der Waals surface area (Å²) in [5.41, 5.74) is 4.54. The molecule has 0 aromatic heterocycles. The number of nitrogens with zero attached hydrogens (tertiary/aromatic N) is 1. The van der Waals surface area contributed by atoms with Crippen molar-refractivity contribution >= 4 is 0 Å². The monoisotopic (exact) mass is 281 g/mol. The van der Waals surface area contributed by atoms with Gasteiger partial charge in [0.25, 0.3) is 0 Å². The van der Waals surface area contributed by atoms with E-state index in [4.69, 9.17) is 5.84 Å². The molecule has 1 saturated heterocycles. The van der Waals surface area contributed by atoms with Crippen molar-refractivity contribution in [2.24, 2.45) is 11.8 Å². The van der Waals surface area contributed by atoms with E-state index in [2.05, 4.69) is 36.3 Å². The van der Waals surface area contributed by atoms with Crippen LogP contribution in [0.2, 0.25) is 0 Å². The van der Waals surface area contributed by atoms with Crippen LogP contribution in [0.3, 0.4) is 0 Å². The highest BCUT2D eigenvalue weighted by Crippen LogP contribution is 2.30. The third kappa shape index (κ3) is 4.53. The van der Waals surface area contributed by atoms with Crippen LogP contribution in [0, 0.1) is 5.92 Å². The maximum atomic E-state index is 10.1. The van der Waals surface area contributed by atoms with Crippen LogP contribution in [0.25, 0.3) is 0 Å². The van der Waals surface area contributed by atoms with Crippen molar-refractivity contribution in [3.8, 4) is 0 Å². The summed E-state index contributed by atoms with van der Waals surface area (Å²) in [5.74, 6) is 6.05. The number of nitrogens with two attached hydrogens (primary N) is 1. The first-order valence-corrected chi connectivity index (χ1v) is 7.77. The number of aliphatic hydroxyl groups is 1. The minimum Gasteiger partial charge on any atom is -0.390 e. The molecule has 4 N–H and O–H groups in total. The molecule has 1 aliphatic heterocycles. The van der Waals surface area contributed by atoms with E-state index in [0.717, 1.165) is 44.5 Å². The van der Waals surface area contributed by atoms with Crippen LogP contribution in [-0.4, -0.2) is 28.7 Å². The van der Waals surface area contributed by atoms with Gasteiger partial charge in [0.15, 0.2) is 0 Å². The molecule has 0 aromatic rings. The van der Waals surface area contributed by atoms with E-state index >= 15 is 0 Å². The van der Waals surface area contributed by atoms with E-state index in [0.29, 0.717) is 5.92 Å². The second kappa shape index (κ2) is 7.70. The van der Waals surface area contributed by atoms with Crippen molar-refractivity contribution in [2.75, 3.05) is 13.1 Å². The summed E-state index contributed by atoms with van der Waals surface area (Å²) < 4.78 is 0. The van der Waals surface area contributed by atoms with Crippen molar-refractivity contribution < 1.29 is 5.11 Å². The van der Waals surface area contributed by atoms with Crippen molar-refractivity contribution in [2.45, 2.75) is 59.0 Å². The number of hydrogen-bond donors (Lipinski definition) is 3. The minimum atomic E-state index is -0.570. The zero-order chi connectivity index (χ0) is 15.2. The Morgan fingerprint density at radius 1 is 1.35 bits per heavy atom. The summed E-state index contributed by atoms with van der Waals surface area (Å²) in [6.45, 7) is 10.1. The van der Waals surface area contributed by atoms with Crippen LogP contribution in [0.15, 0.2) is 23.5 Å². The molecule has 0 amide bonds. The van der Waals surface area contributed by atoms with Crippen molar-refractivity contribution in [3.05, 3.63) is 23.5 Å². The van der Waals surface area contributed by atoms with Crippen LogP contribution in [-0.2, 0) is 0 Å². The summed E-state index contributed by atoms with van der Waals surface area (Å²) in [4.78, 5) is 2.40. The van der Waals surface area contributed by atoms with Gasteiger partial charge in [-0.15, -0.1) is 0 Å². The number of piperidine rings is 1. The third-order valence-electron chi connectivity index (χ3n) is 4.20. The van der Waals surface area contributed by atoms with Crippen LogP contribution in [0.1, 0.15) is 53.4 Å². The van der Waals surface area contributed by atoms with Gasteiger partial charge in [-0.1, -0.05) is 19.9 Å². The molecular formula is C16H31N3O. The Morgan fingerprint density at radius 2 is 1.95 bits per heavy atom. The molecule has 0 bridgehead atoms. The summed E-state index contributed by atoms with van der Waals surface area (Å²) in [5, 5.41) is 10.1. The highest BCUT2D eigenvalue weighted by Gasteiger charge is 2.31. The van der Waals surface area contributed by atoms with Gasteiger partial charge in [0.2, 0.25) is 0 Å². The number of rotatable bonds is 6. The van der Waals surface area contributed by atoms with Crippen molar-refractivity contribution in [1.82, 2.24) is 10.3 Å². The molecule has 20 heavy (non-hydrogen) atoms. The van der Waals surface area contributed by atoms with Crippen LogP contribution in [0.4, 0.5) is 0 Å². The largest absolute Gasteiger partial charge is 0.390 e. The van der Waals surface area contributed by atoms with Gasteiger partial charge in [-0.05, 0) is 51.5 Å². The summed E-state index contributed by atoms with van der Waals surface area (Å²) in [6.07, 6.45) is 8.21. The van der Waals surface area contributed by atoms with E-state index in [1.54, 1.807) is 0 Å². The standard InChI is InChI=1S/C16H31N3O/c1-5-7-8-14(18-17)15(6-2)19-11-9-13(10-12-19)16(3,4)20/h7-8,13,18,20H,5-6,9-12,17H2,1-4H3/b8-7-,15-14+. The van der Waals surface area contributed by atoms with E-state index in [9.17, 15) is 5.11 Å². The van der Waals surface area contributed by atoms with Gasteiger partial charge in [0.1, 0.15) is 0 Å². The first-order chi connectivity index (χ1) is 9.43. The van der Waals surface area contributed by atoms with Gasteiger partial charge in [0.05, 0.1) is 11.3 Å². The lowest BCUT2D eigenvalue weighted by Gasteiger charge is -2.40. The highest BCUT2D eigenvalue weighted by molar-refractivity contribution is 5.23. The van der Waals surface area contributed by atoms with Gasteiger partial charge < -0.3 is 15.4 Å². The maximum Gasteiger partial charge on any atom is 0.0673 e. The Balaban J connectivity index is 2.78. The van der Waals surface area contributed by atoms with Crippen molar-refractivity contribution in [1.29, 1.82) is 0 Å². The van der Waals surface area contributed by atoms with Crippen LogP contribution < -0.4 is 11.3 Å². The lowest BCUT2D eigenvalue weighted by atomic mass is 9.83. The average molecular weight is 281 g/mol. The van der Waals surface area contributed by atoms with Gasteiger partial charge >= 0.3 is 0 Å². The van der Waals surface area contributed by atoms with Crippen LogP contribution in [0.5, 0.6) is 0 Å². The number of hydrogen-bond acceptors (Lipinski definition) is 4. The smallest absolute Gasteiger partial charge is 0.0673 e. The fourth-order valence-corrected chi connectivity index (χ4v) is 2.90. The van der Waals surface area contributed by atoms with Crippen LogP contribution >= 0.6 is 0 Å². The second-order valence-corrected chi connectivity index (χ2v) is 6.08. The number of hydrazine groups is 1. The highest BCUT2D eigenvalue weighted by atomic mass is 16.3. The lowest BCUT2D eigenvalue weighted by molar-refractivity contribution is -0.00881. The summed E-state index contributed by atoms with van der Waals surface area (Å²) in [7, 11) is 0. The van der Waals surface area contributed by atoms with E-state index in [-0.39, 0.29) is 0 Å². The van der Waals surface area contributed by atoms with E-state index in [1.807, 2.05) is 13.8 Å². The fraction of sp³-hybridized carbons (Fsp3) is 0.750. The lowest BCUT2D eigenvalue weighted by Crippen LogP contribution is -2.42. The first-order valence-electron chi connectivity index (χ1n) is 7.77. The van der Waals surface area contributed by atoms with Gasteiger partial charge in [-0.25, -0.2) is 0 Å². The molecule has 0 unspecified atom stereocenters. The quantitative estimate of drug-likeness (QED) is 0.398. The molecule has 0 aromatic carbocycles. The average Bonchev–Trinajstić information content (AvgIpc) is 2.42. The Morgan fingerprint density at radius 3 is 2.35 bits per heavy atom. The van der Waals surface area contributed by atoms with Gasteiger partial charge in [-0.2, -0.15) is 0 Å². The Kier molecular flexibility index (Phi) is 6.56. The Labute approximate surface area is 123 Å². The Hall–Kier alpha value is -1.00. The zero-order valence-corrected chi connectivity index (χ0v) is 13.4. The normalized spacial score (nSPS) is 19.4. The molecule has 4 nitrogen and oxygen atoms in total. The molecule has 1 rings (SSSR count). The number of nitrogens with one attached hydrogen (secondary N) is 1. The van der Waals surface area contributed by atoms with Gasteiger partial charge in [-0.3, -0.25) is 5.84 Å². The molecule has 0 saturated carbocycles. The molecule has 0 radical (unpaired) electrons.